The van der Waals surface area contributed by atoms with Crippen LogP contribution < -0.4 is 5.43 Å². The first-order chi connectivity index (χ1) is 10.8. The first-order valence-corrected chi connectivity index (χ1v) is 8.09. The van der Waals surface area contributed by atoms with Gasteiger partial charge in [0, 0.05) is 26.3 Å². The Bertz CT molecular complexity index is 580. The number of aliphatic imine (C=N–C) groups is 1. The number of aliphatic hydroxyl groups is 1. The Morgan fingerprint density at radius 1 is 1.48 bits per heavy atom. The second-order valence-electron chi connectivity index (χ2n) is 5.81. The first kappa shape index (κ1) is 17.8. The molecular formula is C15H24ClN5O2. The topological polar surface area (TPSA) is 71.4 Å². The van der Waals surface area contributed by atoms with Crippen molar-refractivity contribution in [2.24, 2.45) is 4.99 Å². The second-order valence-corrected chi connectivity index (χ2v) is 6.22. The van der Waals surface area contributed by atoms with E-state index in [4.69, 9.17) is 11.6 Å². The monoisotopic (exact) mass is 341 g/mol. The Labute approximate surface area is 141 Å². The molecule has 2 N–H and O–H groups in total. The van der Waals surface area contributed by atoms with Crippen LogP contribution in [0.2, 0.25) is 0 Å². The summed E-state index contributed by atoms with van der Waals surface area (Å²) in [7, 11) is 3.44. The third kappa shape index (κ3) is 3.22. The van der Waals surface area contributed by atoms with Gasteiger partial charge < -0.3 is 10.0 Å². The quantitative estimate of drug-likeness (QED) is 0.767. The lowest BCUT2D eigenvalue weighted by atomic mass is 10.1. The fourth-order valence-electron chi connectivity index (χ4n) is 2.84. The van der Waals surface area contributed by atoms with Crippen molar-refractivity contribution in [1.82, 2.24) is 20.2 Å². The van der Waals surface area contributed by atoms with Crippen LogP contribution in [0, 0.1) is 0 Å². The number of carbonyl (C=O) groups excluding carboxylic acids is 1. The maximum atomic E-state index is 12.4. The van der Waals surface area contributed by atoms with Crippen LogP contribution in [0.25, 0.3) is 0 Å². The Hall–Kier alpha value is -1.57. The molecule has 0 fully saturated rings. The van der Waals surface area contributed by atoms with Gasteiger partial charge in [-0.25, -0.2) is 19.7 Å². The molecule has 2 heterocycles. The van der Waals surface area contributed by atoms with Crippen LogP contribution in [0.4, 0.5) is 4.79 Å². The molecule has 2 aliphatic rings. The largest absolute Gasteiger partial charge is 0.355 e. The lowest BCUT2D eigenvalue weighted by molar-refractivity contribution is 0.0198. The van der Waals surface area contributed by atoms with Gasteiger partial charge in [0.25, 0.3) is 0 Å². The van der Waals surface area contributed by atoms with Gasteiger partial charge in [0.15, 0.2) is 5.84 Å². The number of hydrogen-bond acceptors (Lipinski definition) is 5. The van der Waals surface area contributed by atoms with Crippen molar-refractivity contribution in [3.63, 3.8) is 0 Å². The van der Waals surface area contributed by atoms with Crippen LogP contribution in [-0.4, -0.2) is 58.3 Å². The number of fused-ring (bicyclic) bond motifs is 1. The number of amides is 2. The van der Waals surface area contributed by atoms with Gasteiger partial charge in [0.1, 0.15) is 0 Å². The molecule has 0 aromatic heterocycles. The molecule has 1 atom stereocenters. The standard InChI is InChI=1S/C15H24ClN5O2/c1-6-10(7-2)21-12-9(3)11(16)8-20(13(12)17-14(21)22)15(23)18-19(4)5/h8,10,14,22H,6-7H2,1-5H3,(H,18,23). The minimum atomic E-state index is -1.01. The highest BCUT2D eigenvalue weighted by atomic mass is 35.5. The van der Waals surface area contributed by atoms with Gasteiger partial charge in [0.05, 0.1) is 10.7 Å². The van der Waals surface area contributed by atoms with Gasteiger partial charge in [-0.05, 0) is 25.3 Å². The molecule has 0 saturated heterocycles. The van der Waals surface area contributed by atoms with Gasteiger partial charge in [-0.3, -0.25) is 5.43 Å². The molecule has 0 aromatic rings. The lowest BCUT2D eigenvalue weighted by Gasteiger charge is -2.35. The van der Waals surface area contributed by atoms with Crippen LogP contribution >= 0.6 is 11.6 Å². The molecule has 0 aliphatic carbocycles. The summed E-state index contributed by atoms with van der Waals surface area (Å²) < 4.78 is 0. The molecule has 0 saturated carbocycles. The Balaban J connectivity index is 2.43. The smallest absolute Gasteiger partial charge is 0.341 e. The maximum absolute atomic E-state index is 12.4. The third-order valence-electron chi connectivity index (χ3n) is 4.01. The lowest BCUT2D eigenvalue weighted by Crippen LogP contribution is -2.48. The van der Waals surface area contributed by atoms with Crippen molar-refractivity contribution in [3.05, 3.63) is 22.5 Å². The number of urea groups is 1. The van der Waals surface area contributed by atoms with Crippen LogP contribution in [0.15, 0.2) is 27.5 Å². The summed E-state index contributed by atoms with van der Waals surface area (Å²) in [6.07, 6.45) is 2.24. The summed E-state index contributed by atoms with van der Waals surface area (Å²) in [5.74, 6) is 0.422. The molecule has 2 amide bonds. The van der Waals surface area contributed by atoms with E-state index >= 15 is 0 Å². The van der Waals surface area contributed by atoms with Gasteiger partial charge in [-0.2, -0.15) is 0 Å². The number of allylic oxidation sites excluding steroid dienone is 2. The van der Waals surface area contributed by atoms with Crippen molar-refractivity contribution in [1.29, 1.82) is 0 Å². The number of halogens is 1. The number of nitrogens with one attached hydrogen (secondary N) is 1. The van der Waals surface area contributed by atoms with Gasteiger partial charge in [-0.15, -0.1) is 0 Å². The summed E-state index contributed by atoms with van der Waals surface area (Å²) >= 11 is 6.32. The van der Waals surface area contributed by atoms with Crippen molar-refractivity contribution < 1.29 is 9.90 Å². The van der Waals surface area contributed by atoms with E-state index in [1.807, 2.05) is 11.8 Å². The number of amidine groups is 1. The summed E-state index contributed by atoms with van der Waals surface area (Å²) in [6.45, 7) is 6.00. The molecule has 0 radical (unpaired) electrons. The molecule has 7 nitrogen and oxygen atoms in total. The highest BCUT2D eigenvalue weighted by molar-refractivity contribution is 6.33. The summed E-state index contributed by atoms with van der Waals surface area (Å²) in [4.78, 5) is 19.9. The van der Waals surface area contributed by atoms with Crippen LogP contribution in [0.3, 0.4) is 0 Å². The molecule has 8 heteroatoms. The van der Waals surface area contributed by atoms with Crippen LogP contribution in [0.1, 0.15) is 33.6 Å². The zero-order chi connectivity index (χ0) is 17.3. The van der Waals surface area contributed by atoms with Crippen molar-refractivity contribution in [3.8, 4) is 0 Å². The summed E-state index contributed by atoms with van der Waals surface area (Å²) in [5, 5.41) is 12.4. The molecule has 2 rings (SSSR count). The van der Waals surface area contributed by atoms with E-state index in [1.54, 1.807) is 19.1 Å². The van der Waals surface area contributed by atoms with E-state index in [1.165, 1.54) is 11.1 Å². The predicted octanol–water partition coefficient (Wildman–Crippen LogP) is 2.02. The average Bonchev–Trinajstić information content (AvgIpc) is 2.81. The van der Waals surface area contributed by atoms with E-state index in [-0.39, 0.29) is 12.1 Å². The molecule has 2 aliphatic heterocycles. The normalized spacial score (nSPS) is 21.0. The molecule has 23 heavy (non-hydrogen) atoms. The van der Waals surface area contributed by atoms with E-state index < -0.39 is 6.35 Å². The highest BCUT2D eigenvalue weighted by Crippen LogP contribution is 2.36. The molecule has 0 aromatic carbocycles. The van der Waals surface area contributed by atoms with Crippen LogP contribution in [-0.2, 0) is 0 Å². The van der Waals surface area contributed by atoms with Gasteiger partial charge in [0.2, 0.25) is 6.35 Å². The SMILES string of the molecule is CCC(CC)N1C2=C(C)C(Cl)=CN(C(=O)NN(C)C)C2=NC1O. The third-order valence-corrected chi connectivity index (χ3v) is 4.40. The Morgan fingerprint density at radius 3 is 2.61 bits per heavy atom. The van der Waals surface area contributed by atoms with E-state index in [2.05, 4.69) is 24.3 Å². The molecular weight excluding hydrogens is 318 g/mol. The number of carbonyl (C=O) groups is 1. The van der Waals surface area contributed by atoms with Crippen LogP contribution in [0.5, 0.6) is 0 Å². The Morgan fingerprint density at radius 2 is 2.09 bits per heavy atom. The van der Waals surface area contributed by atoms with Crippen molar-refractivity contribution in [2.75, 3.05) is 14.1 Å². The minimum Gasteiger partial charge on any atom is -0.355 e. The Kier molecular flexibility index (Phi) is 5.33. The second kappa shape index (κ2) is 6.90. The van der Waals surface area contributed by atoms with Crippen molar-refractivity contribution in [2.45, 2.75) is 46.0 Å². The van der Waals surface area contributed by atoms with Gasteiger partial charge >= 0.3 is 6.03 Å². The van der Waals surface area contributed by atoms with E-state index in [0.717, 1.165) is 18.4 Å². The first-order valence-electron chi connectivity index (χ1n) is 7.72. The summed E-state index contributed by atoms with van der Waals surface area (Å²) in [5.41, 5.74) is 4.18. The van der Waals surface area contributed by atoms with E-state index in [0.29, 0.717) is 16.6 Å². The number of rotatable bonds is 4. The molecule has 0 bridgehead atoms. The maximum Gasteiger partial charge on any atom is 0.341 e. The predicted molar refractivity (Wildman–Crippen MR) is 90.3 cm³/mol. The van der Waals surface area contributed by atoms with E-state index in [9.17, 15) is 9.90 Å². The fraction of sp³-hybridized carbons (Fsp3) is 0.600. The van der Waals surface area contributed by atoms with Crippen molar-refractivity contribution >= 4 is 23.5 Å². The fourth-order valence-corrected chi connectivity index (χ4v) is 3.03. The van der Waals surface area contributed by atoms with Gasteiger partial charge in [-0.1, -0.05) is 25.4 Å². The number of hydrogen-bond donors (Lipinski definition) is 2. The minimum absolute atomic E-state index is 0.123. The number of hydrazine groups is 1. The molecule has 128 valence electrons. The molecule has 1 unspecified atom stereocenters. The molecule has 0 spiro atoms. The number of aliphatic hydroxyl groups excluding tert-OH is 1. The number of nitrogens with zero attached hydrogens (tertiary/aromatic N) is 4. The average molecular weight is 342 g/mol. The summed E-state index contributed by atoms with van der Waals surface area (Å²) in [6, 6.07) is -0.256. The zero-order valence-electron chi connectivity index (χ0n) is 14.2. The highest BCUT2D eigenvalue weighted by Gasteiger charge is 2.41. The zero-order valence-corrected chi connectivity index (χ0v) is 14.9.